The van der Waals surface area contributed by atoms with Crippen LogP contribution in [0.3, 0.4) is 0 Å². The molecule has 1 unspecified atom stereocenters. The van der Waals surface area contributed by atoms with Crippen molar-refractivity contribution < 1.29 is 19.5 Å². The molecule has 0 fully saturated rings. The molecule has 0 radical (unpaired) electrons. The van der Waals surface area contributed by atoms with Gasteiger partial charge in [-0.3, -0.25) is 4.79 Å². The molecule has 1 aromatic rings. The number of ether oxygens (including phenoxy) is 2. The molecule has 21 heavy (non-hydrogen) atoms. The molecular weight excluding hydrogens is 274 g/mol. The predicted octanol–water partition coefficient (Wildman–Crippen LogP) is 0.296. The number of rotatable bonds is 9. The minimum Gasteiger partial charge on any atom is -0.409 e. The van der Waals surface area contributed by atoms with Gasteiger partial charge in [0, 0.05) is 13.7 Å². The lowest BCUT2D eigenvalue weighted by molar-refractivity contribution is -0.121. The van der Waals surface area contributed by atoms with Crippen LogP contribution in [0.15, 0.2) is 35.5 Å². The Bertz CT molecular complexity index is 451. The first kappa shape index (κ1) is 16.9. The molecule has 7 nitrogen and oxygen atoms in total. The van der Waals surface area contributed by atoms with Crippen LogP contribution in [0.4, 0.5) is 0 Å². The SMILES string of the molecule is COCCOCCNC(=O)C(C(N)=NO)c1ccccc1. The highest BCUT2D eigenvalue weighted by Gasteiger charge is 2.24. The number of methoxy groups -OCH3 is 1. The first-order chi connectivity index (χ1) is 10.2. The zero-order chi connectivity index (χ0) is 15.5. The van der Waals surface area contributed by atoms with E-state index in [0.29, 0.717) is 31.9 Å². The Kier molecular flexibility index (Phi) is 7.85. The summed E-state index contributed by atoms with van der Waals surface area (Å²) in [5.41, 5.74) is 6.27. The molecule has 0 heterocycles. The van der Waals surface area contributed by atoms with Crippen LogP contribution in [0.2, 0.25) is 0 Å². The number of nitrogens with one attached hydrogen (secondary N) is 1. The molecule has 0 spiro atoms. The van der Waals surface area contributed by atoms with Gasteiger partial charge >= 0.3 is 0 Å². The van der Waals surface area contributed by atoms with Gasteiger partial charge in [0.2, 0.25) is 5.91 Å². The fraction of sp³-hybridized carbons (Fsp3) is 0.429. The van der Waals surface area contributed by atoms with Gasteiger partial charge in [-0.2, -0.15) is 0 Å². The van der Waals surface area contributed by atoms with Crippen LogP contribution >= 0.6 is 0 Å². The van der Waals surface area contributed by atoms with Crippen molar-refractivity contribution in [1.29, 1.82) is 0 Å². The maximum atomic E-state index is 12.2. The topological polar surface area (TPSA) is 106 Å². The number of oxime groups is 1. The lowest BCUT2D eigenvalue weighted by Crippen LogP contribution is -2.38. The van der Waals surface area contributed by atoms with Gasteiger partial charge in [-0.15, -0.1) is 0 Å². The molecule has 0 saturated heterocycles. The number of hydrogen-bond donors (Lipinski definition) is 3. The number of nitrogens with two attached hydrogens (primary N) is 1. The van der Waals surface area contributed by atoms with E-state index < -0.39 is 5.92 Å². The van der Waals surface area contributed by atoms with Crippen molar-refractivity contribution in [3.8, 4) is 0 Å². The van der Waals surface area contributed by atoms with E-state index in [4.69, 9.17) is 20.4 Å². The van der Waals surface area contributed by atoms with Crippen molar-refractivity contribution in [2.75, 3.05) is 33.5 Å². The van der Waals surface area contributed by atoms with Crippen LogP contribution in [0.25, 0.3) is 0 Å². The molecule has 1 rings (SSSR count). The van der Waals surface area contributed by atoms with E-state index >= 15 is 0 Å². The molecule has 0 saturated carbocycles. The lowest BCUT2D eigenvalue weighted by Gasteiger charge is -2.16. The normalized spacial score (nSPS) is 12.9. The van der Waals surface area contributed by atoms with Crippen molar-refractivity contribution >= 4 is 11.7 Å². The molecule has 0 aromatic heterocycles. The number of carbonyl (C=O) groups is 1. The van der Waals surface area contributed by atoms with E-state index in [-0.39, 0.29) is 11.7 Å². The first-order valence-electron chi connectivity index (χ1n) is 6.57. The van der Waals surface area contributed by atoms with Crippen LogP contribution < -0.4 is 11.1 Å². The van der Waals surface area contributed by atoms with Crippen molar-refractivity contribution in [3.05, 3.63) is 35.9 Å². The summed E-state index contributed by atoms with van der Waals surface area (Å²) in [4.78, 5) is 12.2. The van der Waals surface area contributed by atoms with Gasteiger partial charge in [0.15, 0.2) is 5.84 Å². The molecule has 1 atom stereocenters. The number of carbonyl (C=O) groups excluding carboxylic acids is 1. The van der Waals surface area contributed by atoms with Crippen molar-refractivity contribution in [3.63, 3.8) is 0 Å². The van der Waals surface area contributed by atoms with E-state index in [2.05, 4.69) is 10.5 Å². The number of amides is 1. The maximum absolute atomic E-state index is 12.2. The van der Waals surface area contributed by atoms with Gasteiger partial charge in [-0.05, 0) is 5.56 Å². The van der Waals surface area contributed by atoms with Crippen LogP contribution in [0.1, 0.15) is 11.5 Å². The maximum Gasteiger partial charge on any atom is 0.235 e. The Morgan fingerprint density at radius 1 is 1.33 bits per heavy atom. The third-order valence-corrected chi connectivity index (χ3v) is 2.78. The smallest absolute Gasteiger partial charge is 0.235 e. The summed E-state index contributed by atoms with van der Waals surface area (Å²) in [6.45, 7) is 1.68. The van der Waals surface area contributed by atoms with E-state index in [0.717, 1.165) is 0 Å². The zero-order valence-electron chi connectivity index (χ0n) is 12.0. The molecule has 116 valence electrons. The molecule has 0 aliphatic heterocycles. The Labute approximate surface area is 123 Å². The number of benzene rings is 1. The van der Waals surface area contributed by atoms with Crippen LogP contribution in [-0.2, 0) is 14.3 Å². The van der Waals surface area contributed by atoms with Crippen LogP contribution in [-0.4, -0.2) is 50.4 Å². The van der Waals surface area contributed by atoms with E-state index in [1.807, 2.05) is 6.07 Å². The standard InChI is InChI=1S/C14H21N3O4/c1-20-9-10-21-8-7-16-14(18)12(13(15)17-19)11-5-3-2-4-6-11/h2-6,12,19H,7-10H2,1H3,(H2,15,17)(H,16,18). The van der Waals surface area contributed by atoms with Crippen LogP contribution in [0, 0.1) is 0 Å². The highest BCUT2D eigenvalue weighted by Crippen LogP contribution is 2.15. The summed E-state index contributed by atoms with van der Waals surface area (Å²) < 4.78 is 10.1. The Hall–Kier alpha value is -2.12. The van der Waals surface area contributed by atoms with E-state index in [1.165, 1.54) is 0 Å². The molecule has 1 aromatic carbocycles. The predicted molar refractivity (Wildman–Crippen MR) is 78.3 cm³/mol. The molecular formula is C14H21N3O4. The highest BCUT2D eigenvalue weighted by atomic mass is 16.5. The Morgan fingerprint density at radius 2 is 2.05 bits per heavy atom. The van der Waals surface area contributed by atoms with Gasteiger partial charge in [0.05, 0.1) is 19.8 Å². The number of hydrogen-bond acceptors (Lipinski definition) is 5. The largest absolute Gasteiger partial charge is 0.409 e. The minimum absolute atomic E-state index is 0.154. The second-order valence-electron chi connectivity index (χ2n) is 4.26. The number of nitrogens with zero attached hydrogens (tertiary/aromatic N) is 1. The highest BCUT2D eigenvalue weighted by molar-refractivity contribution is 6.07. The van der Waals surface area contributed by atoms with Gasteiger partial charge in [0.25, 0.3) is 0 Å². The summed E-state index contributed by atoms with van der Waals surface area (Å²) in [5, 5.41) is 14.5. The summed E-state index contributed by atoms with van der Waals surface area (Å²) in [5.74, 6) is -1.32. The van der Waals surface area contributed by atoms with Crippen molar-refractivity contribution in [2.24, 2.45) is 10.9 Å². The van der Waals surface area contributed by atoms with Crippen LogP contribution in [0.5, 0.6) is 0 Å². The second kappa shape index (κ2) is 9.73. The van der Waals surface area contributed by atoms with Gasteiger partial charge in [-0.1, -0.05) is 35.5 Å². The first-order valence-corrected chi connectivity index (χ1v) is 6.57. The fourth-order valence-corrected chi connectivity index (χ4v) is 1.75. The zero-order valence-corrected chi connectivity index (χ0v) is 12.0. The number of amidine groups is 1. The quantitative estimate of drug-likeness (QED) is 0.200. The molecule has 0 aliphatic rings. The average Bonchev–Trinajstić information content (AvgIpc) is 2.51. The summed E-state index contributed by atoms with van der Waals surface area (Å²) >= 11 is 0. The third-order valence-electron chi connectivity index (χ3n) is 2.78. The average molecular weight is 295 g/mol. The fourth-order valence-electron chi connectivity index (χ4n) is 1.75. The third kappa shape index (κ3) is 5.80. The lowest BCUT2D eigenvalue weighted by atomic mass is 9.97. The van der Waals surface area contributed by atoms with Gasteiger partial charge < -0.3 is 25.7 Å². The molecule has 1 amide bonds. The molecule has 0 bridgehead atoms. The van der Waals surface area contributed by atoms with Crippen molar-refractivity contribution in [1.82, 2.24) is 5.32 Å². The summed E-state index contributed by atoms with van der Waals surface area (Å²) in [6, 6.07) is 8.89. The van der Waals surface area contributed by atoms with Gasteiger partial charge in [0.1, 0.15) is 5.92 Å². The Balaban J connectivity index is 2.54. The van der Waals surface area contributed by atoms with E-state index in [1.54, 1.807) is 31.4 Å². The van der Waals surface area contributed by atoms with E-state index in [9.17, 15) is 4.79 Å². The molecule has 4 N–H and O–H groups in total. The minimum atomic E-state index is -0.824. The second-order valence-corrected chi connectivity index (χ2v) is 4.26. The van der Waals surface area contributed by atoms with Crippen molar-refractivity contribution in [2.45, 2.75) is 5.92 Å². The Morgan fingerprint density at radius 3 is 2.67 bits per heavy atom. The van der Waals surface area contributed by atoms with Gasteiger partial charge in [-0.25, -0.2) is 0 Å². The summed E-state index contributed by atoms with van der Waals surface area (Å²) in [7, 11) is 1.59. The monoisotopic (exact) mass is 295 g/mol. The molecule has 7 heteroatoms. The summed E-state index contributed by atoms with van der Waals surface area (Å²) in [6.07, 6.45) is 0. The molecule has 0 aliphatic carbocycles.